The number of unbranched alkanes of at least 4 members (excludes halogenated alkanes) is 42. The second-order valence-electron chi connectivity index (χ2n) is 23.0. The van der Waals surface area contributed by atoms with E-state index < -0.39 is 26.5 Å². The number of allylic oxidation sites excluding steroid dienone is 10. The van der Waals surface area contributed by atoms with Crippen LogP contribution in [0.5, 0.6) is 0 Å². The van der Waals surface area contributed by atoms with Gasteiger partial charge in [0.25, 0.3) is 0 Å². The molecule has 0 saturated carbocycles. The molecule has 0 fully saturated rings. The Morgan fingerprint density at radius 2 is 0.688 bits per heavy atom. The van der Waals surface area contributed by atoms with Crippen LogP contribution in [0.2, 0.25) is 0 Å². The van der Waals surface area contributed by atoms with Gasteiger partial charge in [-0.05, 0) is 57.8 Å². The zero-order valence-corrected chi connectivity index (χ0v) is 53.5. The van der Waals surface area contributed by atoms with E-state index in [1.807, 2.05) is 0 Å². The lowest BCUT2D eigenvalue weighted by Crippen LogP contribution is -2.29. The van der Waals surface area contributed by atoms with Crippen LogP contribution in [0.4, 0.5) is 0 Å². The molecule has 9 nitrogen and oxygen atoms in total. The summed E-state index contributed by atoms with van der Waals surface area (Å²) in [5, 5.41) is 0. The molecule has 0 aromatic rings. The summed E-state index contributed by atoms with van der Waals surface area (Å²) in [7, 11) is -4.40. The van der Waals surface area contributed by atoms with Crippen molar-refractivity contribution in [1.29, 1.82) is 0 Å². The summed E-state index contributed by atoms with van der Waals surface area (Å²) in [6.07, 6.45) is 84.7. The van der Waals surface area contributed by atoms with E-state index >= 15 is 0 Å². The SMILES string of the molecule is CC/C=C\C/C=C\C/C=C\C/C=C\C/C=C\CCCCCCCCCC(=O)OC(COC(=O)CCCCCCCCCCCCCCCCCCCCCCCCCCCCCCCCCCCCCC)COP(=O)(O)OCCN. The molecule has 0 rings (SSSR count). The van der Waals surface area contributed by atoms with Crippen LogP contribution in [0.25, 0.3) is 0 Å². The van der Waals surface area contributed by atoms with Crippen molar-refractivity contribution in [2.24, 2.45) is 5.73 Å². The van der Waals surface area contributed by atoms with Crippen molar-refractivity contribution >= 4 is 19.8 Å². The molecule has 0 aliphatic rings. The Morgan fingerprint density at radius 1 is 0.388 bits per heavy atom. The van der Waals surface area contributed by atoms with E-state index in [0.717, 1.165) is 77.0 Å². The number of phosphoric acid groups is 1. The Balaban J connectivity index is 3.82. The molecular weight excluding hydrogens is 1010 g/mol. The maximum absolute atomic E-state index is 12.7. The zero-order valence-electron chi connectivity index (χ0n) is 52.6. The van der Waals surface area contributed by atoms with Crippen LogP contribution in [-0.2, 0) is 32.7 Å². The minimum absolute atomic E-state index is 0.0504. The van der Waals surface area contributed by atoms with E-state index in [4.69, 9.17) is 24.3 Å². The molecule has 0 saturated heterocycles. The Bertz CT molecular complexity index is 1490. The summed E-state index contributed by atoms with van der Waals surface area (Å²) in [6.45, 7) is 3.67. The van der Waals surface area contributed by atoms with Crippen LogP contribution in [-0.4, -0.2) is 49.3 Å². The fourth-order valence-electron chi connectivity index (χ4n) is 10.1. The largest absolute Gasteiger partial charge is 0.472 e. The predicted molar refractivity (Wildman–Crippen MR) is 344 cm³/mol. The van der Waals surface area contributed by atoms with Gasteiger partial charge in [-0.1, -0.05) is 331 Å². The number of nitrogens with two attached hydrogens (primary N) is 1. The first-order chi connectivity index (χ1) is 39.3. The van der Waals surface area contributed by atoms with Gasteiger partial charge in [0.05, 0.1) is 13.2 Å². The van der Waals surface area contributed by atoms with Crippen molar-refractivity contribution < 1.29 is 37.6 Å². The maximum Gasteiger partial charge on any atom is 0.472 e. The van der Waals surface area contributed by atoms with Crippen molar-refractivity contribution in [2.75, 3.05) is 26.4 Å². The van der Waals surface area contributed by atoms with E-state index in [0.29, 0.717) is 6.42 Å². The molecule has 0 aliphatic carbocycles. The van der Waals surface area contributed by atoms with Crippen molar-refractivity contribution in [2.45, 2.75) is 347 Å². The van der Waals surface area contributed by atoms with Gasteiger partial charge < -0.3 is 20.1 Å². The summed E-state index contributed by atoms with van der Waals surface area (Å²) >= 11 is 0. The van der Waals surface area contributed by atoms with Gasteiger partial charge >= 0.3 is 19.8 Å². The minimum atomic E-state index is -4.40. The van der Waals surface area contributed by atoms with Gasteiger partial charge in [-0.3, -0.25) is 18.6 Å². The first-order valence-electron chi connectivity index (χ1n) is 34.3. The number of ether oxygens (including phenoxy) is 2. The van der Waals surface area contributed by atoms with Crippen LogP contribution >= 0.6 is 7.82 Å². The molecule has 80 heavy (non-hydrogen) atoms. The number of rotatable bonds is 65. The number of esters is 2. The number of phosphoric ester groups is 1. The summed E-state index contributed by atoms with van der Waals surface area (Å²) in [5.74, 6) is -0.828. The van der Waals surface area contributed by atoms with Gasteiger partial charge in [-0.15, -0.1) is 0 Å². The third kappa shape index (κ3) is 64.9. The fourth-order valence-corrected chi connectivity index (χ4v) is 10.9. The van der Waals surface area contributed by atoms with Crippen LogP contribution in [0, 0.1) is 0 Å². The molecule has 468 valence electrons. The molecule has 0 aromatic carbocycles. The average molecular weight is 1140 g/mol. The summed E-state index contributed by atoms with van der Waals surface area (Å²) in [6, 6.07) is 0. The van der Waals surface area contributed by atoms with E-state index in [9.17, 15) is 19.0 Å². The van der Waals surface area contributed by atoms with Crippen LogP contribution in [0.1, 0.15) is 341 Å². The van der Waals surface area contributed by atoms with Crippen molar-refractivity contribution in [1.82, 2.24) is 0 Å². The van der Waals surface area contributed by atoms with Crippen molar-refractivity contribution in [3.63, 3.8) is 0 Å². The molecule has 0 radical (unpaired) electrons. The molecule has 0 heterocycles. The highest BCUT2D eigenvalue weighted by Crippen LogP contribution is 2.43. The molecular formula is C70H130NO8P. The molecule has 3 N–H and O–H groups in total. The second-order valence-corrected chi connectivity index (χ2v) is 24.5. The third-order valence-electron chi connectivity index (χ3n) is 15.2. The predicted octanol–water partition coefficient (Wildman–Crippen LogP) is 22.2. The Morgan fingerprint density at radius 3 is 1.02 bits per heavy atom. The van der Waals surface area contributed by atoms with Crippen molar-refractivity contribution in [3.05, 3.63) is 60.8 Å². The van der Waals surface area contributed by atoms with Gasteiger partial charge in [-0.2, -0.15) is 0 Å². The lowest BCUT2D eigenvalue weighted by Gasteiger charge is -2.19. The molecule has 2 unspecified atom stereocenters. The number of hydrogen-bond acceptors (Lipinski definition) is 8. The van der Waals surface area contributed by atoms with Gasteiger partial charge in [0.2, 0.25) is 0 Å². The number of hydrogen-bond donors (Lipinski definition) is 2. The third-order valence-corrected chi connectivity index (χ3v) is 16.2. The smallest absolute Gasteiger partial charge is 0.462 e. The van der Waals surface area contributed by atoms with Gasteiger partial charge in [0.15, 0.2) is 6.10 Å². The standard InChI is InChI=1S/C70H130NO8P/c1-3-5-7-9-11-13-15-17-19-21-23-25-27-28-29-30-31-32-33-34-35-36-37-38-39-41-42-44-46-48-50-52-54-56-58-60-62-69(72)76-66-68(67-78-80(74,75)77-65-64-71)79-70(73)63-61-59-57-55-53-51-49-47-45-43-40-26-24-22-20-18-16-14-12-10-8-6-4-2/h6,8,12,14,18,20,24,26,43,45,68H,3-5,7,9-11,13,15-17,19,21-23,25,27-42,44,46-67,71H2,1-2H3,(H,74,75)/b8-6-,14-12-,20-18-,26-24-,45-43-. The zero-order chi connectivity index (χ0) is 58.0. The number of carbonyl (C=O) groups is 2. The van der Waals surface area contributed by atoms with Crippen LogP contribution < -0.4 is 5.73 Å². The van der Waals surface area contributed by atoms with Gasteiger partial charge in [0.1, 0.15) is 6.61 Å². The highest BCUT2D eigenvalue weighted by molar-refractivity contribution is 7.47. The Labute approximate surface area is 495 Å². The molecule has 0 aliphatic heterocycles. The van der Waals surface area contributed by atoms with Crippen molar-refractivity contribution in [3.8, 4) is 0 Å². The molecule has 0 bridgehead atoms. The van der Waals surface area contributed by atoms with E-state index in [2.05, 4.69) is 74.6 Å². The first kappa shape index (κ1) is 77.7. The summed E-state index contributed by atoms with van der Waals surface area (Å²) in [5.41, 5.74) is 5.39. The molecule has 0 amide bonds. The Kier molecular flexibility index (Phi) is 64.0. The lowest BCUT2D eigenvalue weighted by molar-refractivity contribution is -0.161. The topological polar surface area (TPSA) is 134 Å². The van der Waals surface area contributed by atoms with E-state index in [1.54, 1.807) is 0 Å². The monoisotopic (exact) mass is 1140 g/mol. The Hall–Kier alpha value is -2.29. The van der Waals surface area contributed by atoms with E-state index in [1.165, 1.54) is 231 Å². The molecule has 0 aromatic heterocycles. The van der Waals surface area contributed by atoms with Gasteiger partial charge in [0, 0.05) is 19.4 Å². The highest BCUT2D eigenvalue weighted by atomic mass is 31.2. The molecule has 2 atom stereocenters. The number of carbonyl (C=O) groups excluding carboxylic acids is 2. The average Bonchev–Trinajstić information content (AvgIpc) is 3.45. The summed E-state index contributed by atoms with van der Waals surface area (Å²) in [4.78, 5) is 35.3. The van der Waals surface area contributed by atoms with Crippen LogP contribution in [0.15, 0.2) is 60.8 Å². The quantitative estimate of drug-likeness (QED) is 0.0264. The highest BCUT2D eigenvalue weighted by Gasteiger charge is 2.26. The van der Waals surface area contributed by atoms with Gasteiger partial charge in [-0.25, -0.2) is 4.57 Å². The summed E-state index contributed by atoms with van der Waals surface area (Å²) < 4.78 is 33.1. The van der Waals surface area contributed by atoms with Crippen LogP contribution in [0.3, 0.4) is 0 Å². The van der Waals surface area contributed by atoms with E-state index in [-0.39, 0.29) is 38.6 Å². The fraction of sp³-hybridized carbons (Fsp3) is 0.829. The molecule has 0 spiro atoms. The lowest BCUT2D eigenvalue weighted by atomic mass is 10.0. The first-order valence-corrected chi connectivity index (χ1v) is 35.8. The molecule has 10 heteroatoms. The minimum Gasteiger partial charge on any atom is -0.462 e. The normalized spacial score (nSPS) is 13.3. The maximum atomic E-state index is 12.7. The second kappa shape index (κ2) is 65.9.